The Bertz CT molecular complexity index is 869. The fourth-order valence-electron chi connectivity index (χ4n) is 6.93. The SMILES string of the molecule is CCC(NC(=O)c1noc(C)c1COc1ccccc1)C12CC3CC(CC(C3)C1)C2. The van der Waals surface area contributed by atoms with Gasteiger partial charge in [-0.1, -0.05) is 30.3 Å². The molecular weight excluding hydrogens is 376 g/mol. The van der Waals surface area contributed by atoms with Gasteiger partial charge in [-0.25, -0.2) is 0 Å². The Morgan fingerprint density at radius 3 is 2.40 bits per heavy atom. The molecule has 6 rings (SSSR count). The number of nitrogens with zero attached hydrogens (tertiary/aromatic N) is 1. The van der Waals surface area contributed by atoms with Gasteiger partial charge in [-0.05, 0) is 87.2 Å². The molecule has 4 aliphatic rings. The smallest absolute Gasteiger partial charge is 0.274 e. The maximum Gasteiger partial charge on any atom is 0.274 e. The molecule has 0 aliphatic heterocycles. The van der Waals surface area contributed by atoms with Crippen LogP contribution in [-0.4, -0.2) is 17.1 Å². The van der Waals surface area contributed by atoms with Crippen LogP contribution in [-0.2, 0) is 6.61 Å². The molecule has 2 aromatic rings. The van der Waals surface area contributed by atoms with Gasteiger partial charge in [0.15, 0.2) is 5.69 Å². The Kier molecular flexibility index (Phi) is 5.08. The highest BCUT2D eigenvalue weighted by atomic mass is 16.5. The van der Waals surface area contributed by atoms with E-state index in [1.54, 1.807) is 0 Å². The second-order valence-corrected chi connectivity index (χ2v) is 9.88. The molecule has 1 atom stereocenters. The van der Waals surface area contributed by atoms with Gasteiger partial charge < -0.3 is 14.6 Å². The van der Waals surface area contributed by atoms with Crippen LogP contribution < -0.4 is 10.1 Å². The maximum absolute atomic E-state index is 13.3. The minimum Gasteiger partial charge on any atom is -0.489 e. The lowest BCUT2D eigenvalue weighted by molar-refractivity contribution is -0.0727. The molecule has 0 radical (unpaired) electrons. The van der Waals surface area contributed by atoms with E-state index in [9.17, 15) is 4.79 Å². The summed E-state index contributed by atoms with van der Waals surface area (Å²) in [7, 11) is 0. The minimum atomic E-state index is -0.124. The maximum atomic E-state index is 13.3. The van der Waals surface area contributed by atoms with Gasteiger partial charge in [-0.2, -0.15) is 0 Å². The largest absolute Gasteiger partial charge is 0.489 e. The first-order valence-electron chi connectivity index (χ1n) is 11.5. The van der Waals surface area contributed by atoms with Crippen LogP contribution in [0.5, 0.6) is 5.75 Å². The van der Waals surface area contributed by atoms with E-state index in [2.05, 4.69) is 17.4 Å². The average Bonchev–Trinajstić information content (AvgIpc) is 3.10. The van der Waals surface area contributed by atoms with E-state index in [4.69, 9.17) is 9.26 Å². The lowest BCUT2D eigenvalue weighted by atomic mass is 9.47. The fourth-order valence-corrected chi connectivity index (χ4v) is 6.93. The normalized spacial score (nSPS) is 30.3. The number of aryl methyl sites for hydroxylation is 1. The van der Waals surface area contributed by atoms with Gasteiger partial charge in [-0.15, -0.1) is 0 Å². The molecule has 1 heterocycles. The predicted octanol–water partition coefficient (Wildman–Crippen LogP) is 5.29. The molecule has 30 heavy (non-hydrogen) atoms. The number of carbonyl (C=O) groups is 1. The van der Waals surface area contributed by atoms with E-state index in [-0.39, 0.29) is 24.0 Å². The number of para-hydroxylation sites is 1. The number of carbonyl (C=O) groups excluding carboxylic acids is 1. The Hall–Kier alpha value is -2.30. The summed E-state index contributed by atoms with van der Waals surface area (Å²) in [6.07, 6.45) is 9.02. The van der Waals surface area contributed by atoms with Crippen molar-refractivity contribution in [2.24, 2.45) is 23.2 Å². The molecule has 1 unspecified atom stereocenters. The molecule has 1 aromatic heterocycles. The van der Waals surface area contributed by atoms with Gasteiger partial charge in [0, 0.05) is 6.04 Å². The third kappa shape index (κ3) is 3.52. The Morgan fingerprint density at radius 2 is 1.80 bits per heavy atom. The molecule has 1 N–H and O–H groups in total. The summed E-state index contributed by atoms with van der Waals surface area (Å²) >= 11 is 0. The molecule has 160 valence electrons. The highest BCUT2D eigenvalue weighted by molar-refractivity contribution is 5.94. The zero-order chi connectivity index (χ0) is 20.7. The molecule has 0 spiro atoms. The highest BCUT2D eigenvalue weighted by Gasteiger charge is 2.54. The average molecular weight is 409 g/mol. The van der Waals surface area contributed by atoms with Crippen molar-refractivity contribution in [3.05, 3.63) is 47.3 Å². The Balaban J connectivity index is 1.31. The van der Waals surface area contributed by atoms with Crippen LogP contribution in [0, 0.1) is 30.1 Å². The van der Waals surface area contributed by atoms with Crippen LogP contribution in [0.2, 0.25) is 0 Å². The zero-order valence-corrected chi connectivity index (χ0v) is 18.0. The van der Waals surface area contributed by atoms with Crippen molar-refractivity contribution in [3.63, 3.8) is 0 Å². The summed E-state index contributed by atoms with van der Waals surface area (Å²) < 4.78 is 11.3. The molecule has 4 aliphatic carbocycles. The fraction of sp³-hybridized carbons (Fsp3) is 0.600. The van der Waals surface area contributed by atoms with Crippen molar-refractivity contribution in [2.45, 2.75) is 71.4 Å². The minimum absolute atomic E-state index is 0.124. The summed E-state index contributed by atoms with van der Waals surface area (Å²) in [5.41, 5.74) is 1.38. The van der Waals surface area contributed by atoms with Crippen molar-refractivity contribution >= 4 is 5.91 Å². The third-order valence-corrected chi connectivity index (χ3v) is 7.86. The number of rotatable bonds is 7. The van der Waals surface area contributed by atoms with Gasteiger partial charge >= 0.3 is 0 Å². The molecule has 5 heteroatoms. The molecule has 5 nitrogen and oxygen atoms in total. The summed E-state index contributed by atoms with van der Waals surface area (Å²) in [6.45, 7) is 4.32. The van der Waals surface area contributed by atoms with Crippen LogP contribution in [0.15, 0.2) is 34.9 Å². The number of hydrogen-bond donors (Lipinski definition) is 1. The number of hydrogen-bond acceptors (Lipinski definition) is 4. The molecule has 1 amide bonds. The van der Waals surface area contributed by atoms with Crippen molar-refractivity contribution in [2.75, 3.05) is 0 Å². The van der Waals surface area contributed by atoms with Gasteiger partial charge in [0.05, 0.1) is 5.56 Å². The summed E-state index contributed by atoms with van der Waals surface area (Å²) in [4.78, 5) is 13.3. The van der Waals surface area contributed by atoms with Crippen LogP contribution in [0.1, 0.15) is 73.7 Å². The Labute approximate surface area is 178 Å². The monoisotopic (exact) mass is 408 g/mol. The molecule has 1 aromatic carbocycles. The van der Waals surface area contributed by atoms with Crippen LogP contribution in [0.3, 0.4) is 0 Å². The lowest BCUT2D eigenvalue weighted by Gasteiger charge is -2.59. The number of ether oxygens (including phenoxy) is 1. The molecular formula is C25H32N2O3. The van der Waals surface area contributed by atoms with E-state index >= 15 is 0 Å². The van der Waals surface area contributed by atoms with Gasteiger partial charge in [-0.3, -0.25) is 4.79 Å². The molecule has 4 bridgehead atoms. The van der Waals surface area contributed by atoms with Crippen LogP contribution in [0.25, 0.3) is 0 Å². The zero-order valence-electron chi connectivity index (χ0n) is 18.0. The first-order valence-corrected chi connectivity index (χ1v) is 11.5. The third-order valence-electron chi connectivity index (χ3n) is 7.86. The first-order chi connectivity index (χ1) is 14.6. The topological polar surface area (TPSA) is 64.4 Å². The first kappa shape index (κ1) is 19.7. The second-order valence-electron chi connectivity index (χ2n) is 9.88. The van der Waals surface area contributed by atoms with Gasteiger partial charge in [0.25, 0.3) is 5.91 Å². The number of benzene rings is 1. The standard InChI is InChI=1S/C25H32N2O3/c1-3-22(25-12-17-9-18(13-25)11-19(10-17)14-25)26-24(28)23-21(16(2)30-27-23)15-29-20-7-5-4-6-8-20/h4-8,17-19,22H,3,9-15H2,1-2H3,(H,26,28). The molecule has 0 saturated heterocycles. The summed E-state index contributed by atoms with van der Waals surface area (Å²) in [5.74, 6) is 3.88. The number of aromatic nitrogens is 1. The van der Waals surface area contributed by atoms with Gasteiger partial charge in [0.1, 0.15) is 18.1 Å². The summed E-state index contributed by atoms with van der Waals surface area (Å²) in [6, 6.07) is 9.83. The van der Waals surface area contributed by atoms with E-state index < -0.39 is 0 Å². The Morgan fingerprint density at radius 1 is 1.17 bits per heavy atom. The van der Waals surface area contributed by atoms with Crippen molar-refractivity contribution < 1.29 is 14.1 Å². The van der Waals surface area contributed by atoms with Gasteiger partial charge in [0.2, 0.25) is 0 Å². The predicted molar refractivity (Wildman–Crippen MR) is 114 cm³/mol. The van der Waals surface area contributed by atoms with Crippen molar-refractivity contribution in [1.82, 2.24) is 10.5 Å². The van der Waals surface area contributed by atoms with Crippen molar-refractivity contribution in [3.8, 4) is 5.75 Å². The van der Waals surface area contributed by atoms with E-state index in [1.165, 1.54) is 38.5 Å². The number of amides is 1. The van der Waals surface area contributed by atoms with Crippen LogP contribution >= 0.6 is 0 Å². The van der Waals surface area contributed by atoms with E-state index in [0.717, 1.165) is 35.5 Å². The van der Waals surface area contributed by atoms with Crippen LogP contribution in [0.4, 0.5) is 0 Å². The van der Waals surface area contributed by atoms with Crippen molar-refractivity contribution in [1.29, 1.82) is 0 Å². The number of nitrogens with one attached hydrogen (secondary N) is 1. The quantitative estimate of drug-likeness (QED) is 0.676. The highest BCUT2D eigenvalue weighted by Crippen LogP contribution is 2.61. The summed E-state index contributed by atoms with van der Waals surface area (Å²) in [5, 5.41) is 7.47. The molecule has 4 fully saturated rings. The second kappa shape index (κ2) is 7.75. The van der Waals surface area contributed by atoms with E-state index in [1.807, 2.05) is 37.3 Å². The van der Waals surface area contributed by atoms with E-state index in [0.29, 0.717) is 11.5 Å². The lowest BCUT2D eigenvalue weighted by Crippen LogP contribution is -2.56. The molecule has 4 saturated carbocycles.